The van der Waals surface area contributed by atoms with Gasteiger partial charge in [-0.2, -0.15) is 0 Å². The van der Waals surface area contributed by atoms with Crippen molar-refractivity contribution in [1.82, 2.24) is 0 Å². The van der Waals surface area contributed by atoms with Crippen molar-refractivity contribution in [1.29, 1.82) is 0 Å². The van der Waals surface area contributed by atoms with Gasteiger partial charge in [0.15, 0.2) is 5.78 Å². The van der Waals surface area contributed by atoms with E-state index in [1.165, 1.54) is 44.9 Å². The van der Waals surface area contributed by atoms with Crippen LogP contribution in [0.2, 0.25) is 0 Å². The molecule has 0 amide bonds. The second kappa shape index (κ2) is 6.83. The molecule has 150 valence electrons. The number of benzene rings is 1. The summed E-state index contributed by atoms with van der Waals surface area (Å²) in [5.74, 6) is 3.58. The lowest BCUT2D eigenvalue weighted by Crippen LogP contribution is -2.52. The van der Waals surface area contributed by atoms with E-state index in [1.807, 2.05) is 0 Å². The Bertz CT molecular complexity index is 808. The zero-order valence-electron chi connectivity index (χ0n) is 17.3. The number of hydrogen-bond donors (Lipinski definition) is 0. The van der Waals surface area contributed by atoms with E-state index in [4.69, 9.17) is 0 Å². The maximum Gasteiger partial charge on any atom is 0.165 e. The van der Waals surface area contributed by atoms with Crippen LogP contribution in [0.4, 0.5) is 0 Å². The fraction of sp³-hybridized carbons (Fsp3) is 0.654. The predicted octanol–water partition coefficient (Wildman–Crippen LogP) is 7.44. The van der Waals surface area contributed by atoms with E-state index in [1.54, 1.807) is 0 Å². The van der Waals surface area contributed by atoms with Crippen LogP contribution in [0.5, 0.6) is 0 Å². The molecular formula is C26H33BrO. The quantitative estimate of drug-likeness (QED) is 0.414. The zero-order chi connectivity index (χ0) is 19.5. The Hall–Kier alpha value is -0.890. The van der Waals surface area contributed by atoms with Crippen LogP contribution in [0.25, 0.3) is 6.08 Å². The second-order valence-electron chi connectivity index (χ2n) is 10.6. The number of carbonyl (C=O) groups is 1. The SMILES string of the molecule is C[C@]12CCCC[C@@H]1CC[C@H]1[C@H]2CC[C@]2(C)C(=O)/C(=C/c3ccc(Br)cc3)C[C@@H]12. The molecule has 1 nitrogen and oxygen atoms in total. The fourth-order valence-electron chi connectivity index (χ4n) is 7.85. The molecule has 1 aromatic rings. The topological polar surface area (TPSA) is 17.1 Å². The summed E-state index contributed by atoms with van der Waals surface area (Å²) in [5, 5.41) is 0. The van der Waals surface area contributed by atoms with Gasteiger partial charge in [-0.1, -0.05) is 54.8 Å². The number of rotatable bonds is 1. The predicted molar refractivity (Wildman–Crippen MR) is 119 cm³/mol. The summed E-state index contributed by atoms with van der Waals surface area (Å²) in [6, 6.07) is 8.38. The van der Waals surface area contributed by atoms with Gasteiger partial charge in [0, 0.05) is 9.89 Å². The second-order valence-corrected chi connectivity index (χ2v) is 11.5. The van der Waals surface area contributed by atoms with E-state index >= 15 is 0 Å². The van der Waals surface area contributed by atoms with Crippen LogP contribution in [-0.2, 0) is 4.79 Å². The lowest BCUT2D eigenvalue weighted by Gasteiger charge is -2.59. The van der Waals surface area contributed by atoms with Gasteiger partial charge in [-0.15, -0.1) is 0 Å². The van der Waals surface area contributed by atoms with Gasteiger partial charge >= 0.3 is 0 Å². The number of halogens is 1. The Labute approximate surface area is 178 Å². The third kappa shape index (κ3) is 2.81. The molecule has 4 aliphatic carbocycles. The van der Waals surface area contributed by atoms with Crippen molar-refractivity contribution in [3.63, 3.8) is 0 Å². The van der Waals surface area contributed by atoms with E-state index in [0.717, 1.165) is 46.2 Å². The van der Waals surface area contributed by atoms with Gasteiger partial charge in [0.2, 0.25) is 0 Å². The first-order valence-electron chi connectivity index (χ1n) is 11.4. The number of ketones is 1. The van der Waals surface area contributed by atoms with Crippen molar-refractivity contribution in [2.24, 2.45) is 34.5 Å². The zero-order valence-corrected chi connectivity index (χ0v) is 18.9. The molecule has 0 spiro atoms. The van der Waals surface area contributed by atoms with E-state index in [0.29, 0.717) is 17.1 Å². The Morgan fingerprint density at radius 3 is 2.54 bits per heavy atom. The van der Waals surface area contributed by atoms with Gasteiger partial charge in [0.1, 0.15) is 0 Å². The summed E-state index contributed by atoms with van der Waals surface area (Å²) in [4.78, 5) is 13.5. The molecule has 0 unspecified atom stereocenters. The van der Waals surface area contributed by atoms with Gasteiger partial charge in [-0.25, -0.2) is 0 Å². The van der Waals surface area contributed by atoms with E-state index in [9.17, 15) is 4.79 Å². The first-order valence-corrected chi connectivity index (χ1v) is 12.2. The average Bonchev–Trinajstić information content (AvgIpc) is 2.94. The summed E-state index contributed by atoms with van der Waals surface area (Å²) in [6.45, 7) is 4.92. The molecule has 2 heteroatoms. The first kappa shape index (κ1) is 19.1. The first-order chi connectivity index (χ1) is 13.4. The van der Waals surface area contributed by atoms with Crippen LogP contribution in [0.3, 0.4) is 0 Å². The molecule has 0 radical (unpaired) electrons. The third-order valence-corrected chi connectivity index (χ3v) is 9.96. The van der Waals surface area contributed by atoms with E-state index < -0.39 is 0 Å². The molecule has 6 atom stereocenters. The smallest absolute Gasteiger partial charge is 0.165 e. The van der Waals surface area contributed by atoms with Crippen molar-refractivity contribution in [3.05, 3.63) is 39.9 Å². The van der Waals surface area contributed by atoms with Crippen molar-refractivity contribution in [2.45, 2.75) is 71.6 Å². The standard InChI is InChI=1S/C26H33BrO/c1-25-13-4-3-5-19(25)8-11-21-22(25)12-14-26(2)23(21)16-18(24(26)28)15-17-6-9-20(27)10-7-17/h6-7,9-10,15,19,21-23H,3-5,8,11-14,16H2,1-2H3/b18-15+/t19-,21+,22-,23+,25+,26+/m1/s1. The molecular weight excluding hydrogens is 408 g/mol. The summed E-state index contributed by atoms with van der Waals surface area (Å²) in [6.07, 6.45) is 14.1. The van der Waals surface area contributed by atoms with Crippen LogP contribution in [-0.4, -0.2) is 5.78 Å². The van der Waals surface area contributed by atoms with Gasteiger partial charge in [0.25, 0.3) is 0 Å². The molecule has 4 aliphatic rings. The van der Waals surface area contributed by atoms with Crippen molar-refractivity contribution in [3.8, 4) is 0 Å². The maximum absolute atomic E-state index is 13.5. The number of carbonyl (C=O) groups excluding carboxylic acids is 1. The Morgan fingerprint density at radius 1 is 0.964 bits per heavy atom. The number of allylic oxidation sites excluding steroid dienone is 1. The van der Waals surface area contributed by atoms with Crippen molar-refractivity contribution in [2.75, 3.05) is 0 Å². The van der Waals surface area contributed by atoms with Gasteiger partial charge in [-0.05, 0) is 103 Å². The largest absolute Gasteiger partial charge is 0.294 e. The van der Waals surface area contributed by atoms with Crippen molar-refractivity contribution >= 4 is 27.8 Å². The molecule has 0 bridgehead atoms. The highest BCUT2D eigenvalue weighted by atomic mass is 79.9. The molecule has 1 aromatic carbocycles. The lowest BCUT2D eigenvalue weighted by atomic mass is 9.45. The van der Waals surface area contributed by atoms with Gasteiger partial charge < -0.3 is 0 Å². The molecule has 4 fully saturated rings. The molecule has 28 heavy (non-hydrogen) atoms. The molecule has 5 rings (SSSR count). The fourth-order valence-corrected chi connectivity index (χ4v) is 8.12. The number of Topliss-reactive ketones (excluding diaryl/α,β-unsaturated/α-hetero) is 1. The monoisotopic (exact) mass is 440 g/mol. The molecule has 0 aromatic heterocycles. The highest BCUT2D eigenvalue weighted by Crippen LogP contribution is 2.66. The van der Waals surface area contributed by atoms with E-state index in [-0.39, 0.29) is 5.41 Å². The van der Waals surface area contributed by atoms with Crippen LogP contribution in [0, 0.1) is 34.5 Å². The average molecular weight is 441 g/mol. The number of hydrogen-bond acceptors (Lipinski definition) is 1. The van der Waals surface area contributed by atoms with Crippen LogP contribution >= 0.6 is 15.9 Å². The minimum absolute atomic E-state index is 0.111. The van der Waals surface area contributed by atoms with Gasteiger partial charge in [-0.3, -0.25) is 4.79 Å². The van der Waals surface area contributed by atoms with Crippen LogP contribution in [0.15, 0.2) is 34.3 Å². The molecule has 0 heterocycles. The Balaban J connectivity index is 1.45. The summed E-state index contributed by atoms with van der Waals surface area (Å²) < 4.78 is 1.09. The molecule has 0 N–H and O–H groups in total. The summed E-state index contributed by atoms with van der Waals surface area (Å²) >= 11 is 3.51. The van der Waals surface area contributed by atoms with E-state index in [2.05, 4.69) is 60.1 Å². The van der Waals surface area contributed by atoms with Crippen LogP contribution in [0.1, 0.15) is 77.2 Å². The molecule has 0 saturated heterocycles. The Morgan fingerprint density at radius 2 is 1.75 bits per heavy atom. The third-order valence-electron chi connectivity index (χ3n) is 9.43. The van der Waals surface area contributed by atoms with Crippen molar-refractivity contribution < 1.29 is 4.79 Å². The normalized spacial score (nSPS) is 44.1. The maximum atomic E-state index is 13.5. The van der Waals surface area contributed by atoms with Gasteiger partial charge in [0.05, 0.1) is 0 Å². The van der Waals surface area contributed by atoms with Crippen LogP contribution < -0.4 is 0 Å². The summed E-state index contributed by atoms with van der Waals surface area (Å²) in [5.41, 5.74) is 2.68. The highest BCUT2D eigenvalue weighted by molar-refractivity contribution is 9.10. The molecule has 4 saturated carbocycles. The minimum Gasteiger partial charge on any atom is -0.294 e. The Kier molecular flexibility index (Phi) is 4.66. The number of fused-ring (bicyclic) bond motifs is 5. The highest BCUT2D eigenvalue weighted by Gasteiger charge is 2.60. The molecule has 0 aliphatic heterocycles. The lowest BCUT2D eigenvalue weighted by molar-refractivity contribution is -0.137. The minimum atomic E-state index is -0.111. The summed E-state index contributed by atoms with van der Waals surface area (Å²) in [7, 11) is 0.